The molecule has 0 N–H and O–H groups in total. The molecule has 15 atom stereocenters. The lowest BCUT2D eigenvalue weighted by molar-refractivity contribution is -0.384. The highest BCUT2D eigenvalue weighted by Gasteiger charge is 2.60. The summed E-state index contributed by atoms with van der Waals surface area (Å²) in [5, 5.41) is 11.4. The first kappa shape index (κ1) is 60.9. The molecule has 0 spiro atoms. The molecule has 0 bridgehead atoms. The number of ether oxygens (including phenoxy) is 16. The first-order valence-corrected chi connectivity index (χ1v) is 23.0. The van der Waals surface area contributed by atoms with E-state index in [4.69, 9.17) is 87.4 Å². The fraction of sp³-hybridized carbons (Fsp3) is 0.644. The van der Waals surface area contributed by atoms with E-state index in [1.54, 1.807) is 0 Å². The minimum absolute atomic E-state index is 0.158. The minimum Gasteiger partial charge on any atom is -0.463 e. The van der Waals surface area contributed by atoms with E-state index in [9.17, 15) is 58.1 Å². The topological polar surface area (TPSA) is 362 Å². The summed E-state index contributed by atoms with van der Waals surface area (Å²) in [6.07, 6.45) is -27.6. The molecule has 3 heterocycles. The average molecular weight is 1090 g/mol. The molecule has 0 aromatic heterocycles. The molecule has 0 saturated carbocycles. The van der Waals surface area contributed by atoms with Gasteiger partial charge in [0.2, 0.25) is 0 Å². The van der Waals surface area contributed by atoms with Gasteiger partial charge in [-0.15, -0.1) is 0 Å². The molecule has 0 unspecified atom stereocenters. The molecular formula is C45H56ClNO28. The lowest BCUT2D eigenvalue weighted by Crippen LogP contribution is -2.69. The van der Waals surface area contributed by atoms with Gasteiger partial charge in [-0.3, -0.25) is 58.1 Å². The average Bonchev–Trinajstić information content (AvgIpc) is 3.28. The number of nitro benzene ring substituents is 1. The van der Waals surface area contributed by atoms with E-state index >= 15 is 0 Å². The van der Waals surface area contributed by atoms with Crippen LogP contribution < -0.4 is 0 Å². The molecule has 75 heavy (non-hydrogen) atoms. The van der Waals surface area contributed by atoms with Gasteiger partial charge in [0.05, 0.1) is 11.5 Å². The molecule has 1 aromatic rings. The number of hydrogen-bond acceptors (Lipinski definition) is 28. The number of nitro groups is 1. The van der Waals surface area contributed by atoms with Crippen LogP contribution in [-0.4, -0.2) is 177 Å². The largest absolute Gasteiger partial charge is 0.463 e. The highest BCUT2D eigenvalue weighted by molar-refractivity contribution is 6.32. The molecule has 0 radical (unpaired) electrons. The van der Waals surface area contributed by atoms with Gasteiger partial charge in [0.1, 0.15) is 55.4 Å². The molecule has 3 saturated heterocycles. The zero-order chi connectivity index (χ0) is 56.0. The van der Waals surface area contributed by atoms with Gasteiger partial charge in [-0.05, 0) is 11.6 Å². The minimum atomic E-state index is -2.09. The second-order valence-corrected chi connectivity index (χ2v) is 17.0. The molecule has 3 aliphatic heterocycles. The van der Waals surface area contributed by atoms with Crippen molar-refractivity contribution < 1.29 is 129 Å². The van der Waals surface area contributed by atoms with E-state index < -0.39 is 189 Å². The number of carbonyl (C=O) groups excluding carboxylic acids is 10. The number of rotatable bonds is 21. The molecular weight excluding hydrogens is 1040 g/mol. The first-order valence-electron chi connectivity index (χ1n) is 22.6. The van der Waals surface area contributed by atoms with E-state index in [1.807, 2.05) is 0 Å². The number of hydrogen-bond donors (Lipinski definition) is 0. The lowest BCUT2D eigenvalue weighted by atomic mass is 9.95. The van der Waals surface area contributed by atoms with Crippen molar-refractivity contribution in [3.8, 4) is 0 Å². The summed E-state index contributed by atoms with van der Waals surface area (Å²) in [6, 6.07) is 3.69. The summed E-state index contributed by atoms with van der Waals surface area (Å²) in [4.78, 5) is 137. The molecule has 0 aliphatic carbocycles. The Balaban J connectivity index is 1.90. The highest BCUT2D eigenvalue weighted by Crippen LogP contribution is 2.39. The first-order chi connectivity index (χ1) is 35.1. The molecule has 30 heteroatoms. The predicted octanol–water partition coefficient (Wildman–Crippen LogP) is 0.921. The van der Waals surface area contributed by atoms with Crippen molar-refractivity contribution in [2.75, 3.05) is 19.8 Å². The maximum absolute atomic E-state index is 13.1. The standard InChI is InChI=1S/C45H56ClNO28/c1-18(48)60-15-31-34(64-21(4)51)37(65-22(5)52)41(69-26(9)56)44(72-31)75-36-33(17-62-20(3)50)73-45(42(70-27(10)57)39(36)67-24(7)54)74-35-32(16-61-19(2)49)71-43(40(68-25(8)55)38(35)66-23(6)53)63-14-28-11-12-29(46)30(13-28)47(58)59/h11-13,31-45H,14-17H2,1-10H3/t31-,32-,33-,34-,35-,36-,37+,38+,39+,40-,41-,42-,43-,44+,45+/m1/s1. The molecule has 29 nitrogen and oxygen atoms in total. The van der Waals surface area contributed by atoms with Crippen molar-refractivity contribution in [3.05, 3.63) is 38.9 Å². The summed E-state index contributed by atoms with van der Waals surface area (Å²) < 4.78 is 92.4. The van der Waals surface area contributed by atoms with Gasteiger partial charge in [-0.1, -0.05) is 17.7 Å². The van der Waals surface area contributed by atoms with Crippen LogP contribution in [0.15, 0.2) is 18.2 Å². The van der Waals surface area contributed by atoms with Crippen molar-refractivity contribution in [3.63, 3.8) is 0 Å². The van der Waals surface area contributed by atoms with E-state index in [0.717, 1.165) is 75.3 Å². The van der Waals surface area contributed by atoms with Crippen LogP contribution in [0.5, 0.6) is 0 Å². The number of carbonyl (C=O) groups is 10. The van der Waals surface area contributed by atoms with Crippen molar-refractivity contribution >= 4 is 77.0 Å². The Labute approximate surface area is 431 Å². The van der Waals surface area contributed by atoms with E-state index in [2.05, 4.69) is 0 Å². The Hall–Kier alpha value is -6.63. The Morgan fingerprint density at radius 3 is 1.11 bits per heavy atom. The van der Waals surface area contributed by atoms with Gasteiger partial charge in [0, 0.05) is 75.3 Å². The molecule has 4 rings (SSSR count). The normalized spacial score (nSPS) is 29.2. The van der Waals surface area contributed by atoms with Crippen LogP contribution in [0.25, 0.3) is 0 Å². The number of nitrogens with zero attached hydrogens (tertiary/aromatic N) is 1. The van der Waals surface area contributed by atoms with Crippen LogP contribution in [0.1, 0.15) is 74.8 Å². The fourth-order valence-electron chi connectivity index (χ4n) is 7.86. The third-order valence-electron chi connectivity index (χ3n) is 10.4. The Morgan fingerprint density at radius 2 is 0.760 bits per heavy atom. The third kappa shape index (κ3) is 18.0. The zero-order valence-corrected chi connectivity index (χ0v) is 42.7. The zero-order valence-electron chi connectivity index (χ0n) is 42.0. The number of halogens is 1. The molecule has 0 amide bonds. The van der Waals surface area contributed by atoms with Gasteiger partial charge in [-0.25, -0.2) is 0 Å². The second-order valence-electron chi connectivity index (χ2n) is 16.6. The second kappa shape index (κ2) is 27.8. The van der Waals surface area contributed by atoms with Crippen LogP contribution in [0.3, 0.4) is 0 Å². The quantitative estimate of drug-likeness (QED) is 0.0715. The van der Waals surface area contributed by atoms with Crippen LogP contribution in [0.4, 0.5) is 5.69 Å². The Kier molecular flexibility index (Phi) is 22.6. The van der Waals surface area contributed by atoms with Gasteiger partial charge >= 0.3 is 59.7 Å². The van der Waals surface area contributed by atoms with Gasteiger partial charge in [-0.2, -0.15) is 0 Å². The van der Waals surface area contributed by atoms with Crippen molar-refractivity contribution in [2.24, 2.45) is 0 Å². The molecule has 3 fully saturated rings. The Bertz CT molecular complexity index is 2290. The van der Waals surface area contributed by atoms with Crippen LogP contribution in [0, 0.1) is 10.1 Å². The van der Waals surface area contributed by atoms with E-state index in [-0.39, 0.29) is 10.6 Å². The maximum atomic E-state index is 13.1. The summed E-state index contributed by atoms with van der Waals surface area (Å²) in [6.45, 7) is 6.95. The van der Waals surface area contributed by atoms with Crippen molar-refractivity contribution in [1.29, 1.82) is 0 Å². The number of esters is 10. The van der Waals surface area contributed by atoms with Gasteiger partial charge in [0.15, 0.2) is 61.6 Å². The smallest absolute Gasteiger partial charge is 0.303 e. The summed E-state index contributed by atoms with van der Waals surface area (Å²) in [5.74, 6) is -9.86. The molecule has 3 aliphatic rings. The molecule has 1 aromatic carbocycles. The highest BCUT2D eigenvalue weighted by atomic mass is 35.5. The van der Waals surface area contributed by atoms with E-state index in [1.165, 1.54) is 12.1 Å². The van der Waals surface area contributed by atoms with Crippen LogP contribution >= 0.6 is 11.6 Å². The van der Waals surface area contributed by atoms with Gasteiger partial charge in [0.25, 0.3) is 5.69 Å². The predicted molar refractivity (Wildman–Crippen MR) is 237 cm³/mol. The third-order valence-corrected chi connectivity index (χ3v) is 10.8. The van der Waals surface area contributed by atoms with Crippen molar-refractivity contribution in [1.82, 2.24) is 0 Å². The lowest BCUT2D eigenvalue weighted by Gasteiger charge is -2.50. The van der Waals surface area contributed by atoms with Crippen LogP contribution in [0.2, 0.25) is 5.02 Å². The van der Waals surface area contributed by atoms with Crippen molar-refractivity contribution in [2.45, 2.75) is 168 Å². The van der Waals surface area contributed by atoms with Crippen LogP contribution in [-0.2, 0) is 130 Å². The number of benzene rings is 1. The Morgan fingerprint density at radius 1 is 0.453 bits per heavy atom. The monoisotopic (exact) mass is 1090 g/mol. The summed E-state index contributed by atoms with van der Waals surface area (Å²) in [7, 11) is 0. The molecule has 416 valence electrons. The van der Waals surface area contributed by atoms with Gasteiger partial charge < -0.3 is 75.8 Å². The maximum Gasteiger partial charge on any atom is 0.303 e. The fourth-order valence-corrected chi connectivity index (χ4v) is 8.04. The SMILES string of the molecule is CC(=O)OC[C@H]1O[C@@H](O[C@H]2[C@H](OC(C)=O)[C@@H](OC(C)=O)[C@H](O[C@H]3[C@H](OC(C)=O)[C@@H](OC(C)=O)[C@H](OCc4ccc(Cl)c([N+](=O)[O-])c4)O[C@@H]3COC(C)=O)O[C@@H]2COC(C)=O)[C@H](OC(C)=O)[C@@H](OC(C)=O)[C@@H]1OC(C)=O. The summed E-state index contributed by atoms with van der Waals surface area (Å²) in [5.41, 5.74) is -0.330. The summed E-state index contributed by atoms with van der Waals surface area (Å²) >= 11 is 5.99. The van der Waals surface area contributed by atoms with E-state index in [0.29, 0.717) is 0 Å².